The van der Waals surface area contributed by atoms with Crippen LogP contribution in [-0.2, 0) is 97.6 Å². The molecule has 6 rings (SSSR count). The van der Waals surface area contributed by atoms with E-state index in [9.17, 15) is 72.9 Å². The van der Waals surface area contributed by atoms with E-state index >= 15 is 14.4 Å². The zero-order chi connectivity index (χ0) is 81.6. The SMILES string of the molecule is CCC(C)[C@H](NC(=O)C(Cc1cnc[nH]1)NC(=O)[C@@H]1CSSC[C@H](NC(=O)[C@H](Cc2cnc[nH]2)NC(=O)[C@H](Cc2ccccc2)NC(C)=O)C(=O)N2CC(O)CC2C(=O)N[C@@H](Cc2ccc(O)c(Cl)c2)C(=O)N[C@@H](CC(=O)O)C(=O)N[C@@H](CC(C)C)C(=O)N1)C(=O)N[C@@H](CC(C)C)C(=O)NCC(=O)NCC(=O)NCCN. The first-order valence-electron chi connectivity index (χ1n) is 36.1. The third kappa shape index (κ3) is 29.4. The van der Waals surface area contributed by atoms with E-state index in [-0.39, 0.29) is 79.6 Å². The van der Waals surface area contributed by atoms with Crippen LogP contribution >= 0.6 is 33.2 Å². The van der Waals surface area contributed by atoms with E-state index in [0.717, 1.165) is 26.5 Å². The van der Waals surface area contributed by atoms with Crippen molar-refractivity contribution in [3.05, 3.63) is 101 Å². The minimum Gasteiger partial charge on any atom is -0.506 e. The van der Waals surface area contributed by atoms with Crippen LogP contribution in [0.2, 0.25) is 5.02 Å². The van der Waals surface area contributed by atoms with Crippen molar-refractivity contribution in [3.8, 4) is 5.75 Å². The van der Waals surface area contributed by atoms with Gasteiger partial charge in [0.05, 0.1) is 43.3 Å². The van der Waals surface area contributed by atoms with Gasteiger partial charge in [0.1, 0.15) is 72.2 Å². The Labute approximate surface area is 653 Å². The maximum absolute atomic E-state index is 15.5. The molecule has 2 saturated heterocycles. The highest BCUT2D eigenvalue weighted by atomic mass is 35.5. The summed E-state index contributed by atoms with van der Waals surface area (Å²) in [6.45, 7) is 10.3. The number of fused-ring (bicyclic) bond motifs is 1. The highest BCUT2D eigenvalue weighted by molar-refractivity contribution is 8.76. The fraction of sp³-hybridized carbons (Fsp3) is 0.535. The average Bonchev–Trinajstić information content (AvgIpc) is 1.61. The summed E-state index contributed by atoms with van der Waals surface area (Å²) < 4.78 is 0. The number of nitrogens with two attached hydrogens (primary N) is 1. The number of amides is 14. The molecule has 2 aliphatic heterocycles. The molecular weight excluding hydrogens is 1510 g/mol. The molecule has 4 unspecified atom stereocenters. The second kappa shape index (κ2) is 44.5. The predicted octanol–water partition coefficient (Wildman–Crippen LogP) is -3.09. The number of aromatic nitrogens is 4. The van der Waals surface area contributed by atoms with Crippen LogP contribution in [0.25, 0.3) is 0 Å². The number of rotatable bonds is 34. The van der Waals surface area contributed by atoms with Gasteiger partial charge in [-0.1, -0.05) is 118 Å². The lowest BCUT2D eigenvalue weighted by Crippen LogP contribution is -2.62. The number of hydrogen-bond donors (Lipinski definition) is 19. The largest absolute Gasteiger partial charge is 0.506 e. The minimum atomic E-state index is -2.00. The lowest BCUT2D eigenvalue weighted by atomic mass is 9.96. The second-order valence-electron chi connectivity index (χ2n) is 27.8. The fourth-order valence-electron chi connectivity index (χ4n) is 11.9. The minimum absolute atomic E-state index is 0.0210. The Kier molecular flexibility index (Phi) is 35.9. The first-order valence-corrected chi connectivity index (χ1v) is 39.0. The van der Waals surface area contributed by atoms with Crippen LogP contribution in [0.3, 0.4) is 0 Å². The van der Waals surface area contributed by atoms with Crippen molar-refractivity contribution in [1.29, 1.82) is 0 Å². The lowest BCUT2D eigenvalue weighted by Gasteiger charge is -2.31. The molecule has 2 aromatic heterocycles. The highest BCUT2D eigenvalue weighted by Gasteiger charge is 2.45. The molecule has 4 aromatic rings. The summed E-state index contributed by atoms with van der Waals surface area (Å²) in [6, 6.07) is -5.04. The Bertz CT molecular complexity index is 3880. The molecule has 20 N–H and O–H groups in total. The summed E-state index contributed by atoms with van der Waals surface area (Å²) in [6.07, 6.45) is 1.42. The van der Waals surface area contributed by atoms with E-state index < -0.39 is 223 Å². The zero-order valence-corrected chi connectivity index (χ0v) is 64.9. The van der Waals surface area contributed by atoms with E-state index in [2.05, 4.69) is 89.1 Å². The molecule has 0 spiro atoms. The number of imidazole rings is 2. The van der Waals surface area contributed by atoms with Crippen molar-refractivity contribution in [2.45, 2.75) is 179 Å². The molecule has 0 bridgehead atoms. The number of phenolic OH excluding ortho intramolecular Hbond substituents is 1. The third-order valence-corrected chi connectivity index (χ3v) is 20.5. The molecule has 40 heteroatoms. The Hall–Kier alpha value is -10.4. The van der Waals surface area contributed by atoms with Gasteiger partial charge in [-0.15, -0.1) is 0 Å². The van der Waals surface area contributed by atoms with Crippen molar-refractivity contribution < 1.29 is 87.2 Å². The summed E-state index contributed by atoms with van der Waals surface area (Å²) in [7, 11) is 1.69. The molecule has 37 nitrogen and oxygen atoms in total. The molecule has 2 aromatic carbocycles. The number of nitrogens with one attached hydrogen (secondary N) is 15. The average molecular weight is 1610 g/mol. The summed E-state index contributed by atoms with van der Waals surface area (Å²) in [5.41, 5.74) is 6.90. The van der Waals surface area contributed by atoms with E-state index in [1.54, 1.807) is 71.9 Å². The van der Waals surface area contributed by atoms with Gasteiger partial charge in [-0.2, -0.15) is 0 Å². The number of nitrogens with zero attached hydrogens (tertiary/aromatic N) is 3. The first kappa shape index (κ1) is 89.5. The van der Waals surface area contributed by atoms with Crippen molar-refractivity contribution in [1.82, 2.24) is 94.0 Å². The molecule has 13 atom stereocenters. The van der Waals surface area contributed by atoms with Crippen LogP contribution in [0.4, 0.5) is 0 Å². The highest BCUT2D eigenvalue weighted by Crippen LogP contribution is 2.28. The van der Waals surface area contributed by atoms with Gasteiger partial charge in [0, 0.05) is 93.9 Å². The number of carboxylic acids is 1. The first-order chi connectivity index (χ1) is 52.7. The standard InChI is InChI=1S/C71H100ClN19O18S2/c1-8-38(6)60(70(108)87-46(18-36(2)3)61(99)78-30-58(96)77-29-57(95)76-17-16-73)90-67(105)51(24-43-28-75-35-80-43)84-68(106)53-32-110-111-33-54(89-65(103)50(23-42-27-74-34-79-42)83-63(101)48(81-39(7)92)21-40-12-10-9-11-13-40)71(109)91-31-44(93)25-55(91)69(107)86-49(22-41-14-15-56(94)45(72)20-41)64(102)85-52(26-59(97)98)66(104)82-47(19-37(4)5)62(100)88-53/h9-15,20,27-28,34-38,44,46-55,60,93-94H,8,16-19,21-26,29-33,73H2,1-7H3,(H,74,79)(H,75,80)(H,76,95)(H,77,96)(H,78,99)(H,81,92)(H,82,104)(H,83,101)(H,84,106)(H,85,102)(H,86,107)(H,87,108)(H,88,100)(H,89,103)(H,90,105)(H,97,98)/t38?,44?,46-,47-,48-,49-,50-,51?,52-,53-,54-,55?,60-/m0/s1. The lowest BCUT2D eigenvalue weighted by molar-refractivity contribution is -0.142. The molecule has 0 saturated carbocycles. The van der Waals surface area contributed by atoms with Gasteiger partial charge < -0.3 is 105 Å². The number of phenols is 1. The number of aliphatic carboxylic acids is 1. The number of carbonyl (C=O) groups excluding carboxylic acids is 14. The molecule has 606 valence electrons. The second-order valence-corrected chi connectivity index (χ2v) is 30.8. The smallest absolute Gasteiger partial charge is 0.305 e. The number of aliphatic hydroxyl groups is 1. The van der Waals surface area contributed by atoms with Gasteiger partial charge in [0.25, 0.3) is 0 Å². The summed E-state index contributed by atoms with van der Waals surface area (Å²) in [5.74, 6) is -16.9. The molecule has 2 fully saturated rings. The van der Waals surface area contributed by atoms with E-state index in [1.807, 2.05) is 0 Å². The monoisotopic (exact) mass is 1610 g/mol. The maximum atomic E-state index is 15.5. The number of aromatic hydroxyl groups is 1. The summed E-state index contributed by atoms with van der Waals surface area (Å²) in [5, 5.41) is 65.3. The van der Waals surface area contributed by atoms with Crippen molar-refractivity contribution >= 4 is 122 Å². The molecule has 14 amide bonds. The predicted molar refractivity (Wildman–Crippen MR) is 406 cm³/mol. The van der Waals surface area contributed by atoms with Crippen LogP contribution in [0, 0.1) is 17.8 Å². The van der Waals surface area contributed by atoms with E-state index in [0.29, 0.717) is 11.3 Å². The number of H-pyrrole nitrogens is 2. The van der Waals surface area contributed by atoms with Gasteiger partial charge in [0.15, 0.2) is 0 Å². The number of benzene rings is 2. The molecule has 0 radical (unpaired) electrons. The Morgan fingerprint density at radius 2 is 1.23 bits per heavy atom. The van der Waals surface area contributed by atoms with Crippen LogP contribution < -0.4 is 74.9 Å². The molecule has 4 heterocycles. The quantitative estimate of drug-likeness (QED) is 0.0206. The zero-order valence-electron chi connectivity index (χ0n) is 62.5. The van der Waals surface area contributed by atoms with Crippen molar-refractivity contribution in [2.75, 3.05) is 44.2 Å². The maximum Gasteiger partial charge on any atom is 0.305 e. The number of halogens is 1. The molecule has 2 aliphatic rings. The number of carbonyl (C=O) groups is 15. The van der Waals surface area contributed by atoms with Gasteiger partial charge >= 0.3 is 5.97 Å². The third-order valence-electron chi connectivity index (χ3n) is 17.8. The van der Waals surface area contributed by atoms with Gasteiger partial charge in [-0.3, -0.25) is 71.9 Å². The number of carboxylic acid groups (broad SMARTS) is 1. The van der Waals surface area contributed by atoms with Crippen molar-refractivity contribution in [3.63, 3.8) is 0 Å². The van der Waals surface area contributed by atoms with Crippen LogP contribution in [0.15, 0.2) is 73.6 Å². The van der Waals surface area contributed by atoms with Crippen LogP contribution in [-0.4, -0.2) is 246 Å². The van der Waals surface area contributed by atoms with Crippen LogP contribution in [0.1, 0.15) is 103 Å². The van der Waals surface area contributed by atoms with Crippen LogP contribution in [0.5, 0.6) is 5.75 Å². The normalized spacial score (nSPS) is 20.3. The fourth-order valence-corrected chi connectivity index (χ4v) is 14.4. The topological polar surface area (TPSA) is 560 Å². The summed E-state index contributed by atoms with van der Waals surface area (Å²) >= 11 is 6.28. The Balaban J connectivity index is 1.40. The number of hydrogen-bond acceptors (Lipinski definition) is 22. The Morgan fingerprint density at radius 3 is 1.84 bits per heavy atom. The van der Waals surface area contributed by atoms with E-state index in [1.165, 1.54) is 50.2 Å². The van der Waals surface area contributed by atoms with Gasteiger partial charge in [-0.25, -0.2) is 9.97 Å². The van der Waals surface area contributed by atoms with Gasteiger partial charge in [-0.05, 0) is 53.9 Å². The number of aromatic amines is 2. The Morgan fingerprint density at radius 1 is 0.649 bits per heavy atom. The van der Waals surface area contributed by atoms with Crippen molar-refractivity contribution in [2.24, 2.45) is 23.5 Å². The molecule has 111 heavy (non-hydrogen) atoms. The summed E-state index contributed by atoms with van der Waals surface area (Å²) in [4.78, 5) is 227. The number of aliphatic hydroxyl groups excluding tert-OH is 1. The van der Waals surface area contributed by atoms with E-state index in [4.69, 9.17) is 17.3 Å². The van der Waals surface area contributed by atoms with Gasteiger partial charge in [0.2, 0.25) is 82.7 Å². The molecular formula is C71H100ClN19O18S2. The molecule has 0 aliphatic carbocycles.